The second kappa shape index (κ2) is 8.41. The summed E-state index contributed by atoms with van der Waals surface area (Å²) in [5, 5.41) is 0. The molecule has 0 bridgehead atoms. The third-order valence-electron chi connectivity index (χ3n) is 5.18. The number of rotatable bonds is 5. The highest BCUT2D eigenvalue weighted by atomic mass is 16.6. The van der Waals surface area contributed by atoms with Gasteiger partial charge in [0.05, 0.1) is 18.4 Å². The highest BCUT2D eigenvalue weighted by Gasteiger charge is 2.50. The molecule has 1 saturated heterocycles. The first-order valence-corrected chi connectivity index (χ1v) is 9.50. The van der Waals surface area contributed by atoms with Crippen LogP contribution in [0.1, 0.15) is 18.9 Å². The summed E-state index contributed by atoms with van der Waals surface area (Å²) in [7, 11) is 1.79. The molecule has 2 atom stereocenters. The minimum absolute atomic E-state index is 0.0300. The van der Waals surface area contributed by atoms with Crippen molar-refractivity contribution in [2.24, 2.45) is 11.8 Å². The summed E-state index contributed by atoms with van der Waals surface area (Å²) in [6.45, 7) is 4.61. The molecular formula is C20H27N3O4. The van der Waals surface area contributed by atoms with Gasteiger partial charge in [-0.1, -0.05) is 30.3 Å². The zero-order chi connectivity index (χ0) is 19.4. The van der Waals surface area contributed by atoms with Gasteiger partial charge in [0.15, 0.2) is 0 Å². The summed E-state index contributed by atoms with van der Waals surface area (Å²) in [5.74, 6) is -0.369. The lowest BCUT2D eigenvalue weighted by Crippen LogP contribution is -2.51. The van der Waals surface area contributed by atoms with Crippen LogP contribution >= 0.6 is 0 Å². The molecule has 7 nitrogen and oxygen atoms in total. The Labute approximate surface area is 159 Å². The number of ether oxygens (including phenoxy) is 1. The molecule has 27 heavy (non-hydrogen) atoms. The highest BCUT2D eigenvalue weighted by Crippen LogP contribution is 2.41. The van der Waals surface area contributed by atoms with E-state index in [0.717, 1.165) is 5.56 Å². The molecular weight excluding hydrogens is 346 g/mol. The van der Waals surface area contributed by atoms with Crippen molar-refractivity contribution in [2.75, 3.05) is 39.8 Å². The first-order valence-electron chi connectivity index (χ1n) is 9.50. The molecule has 1 saturated carbocycles. The van der Waals surface area contributed by atoms with Crippen LogP contribution in [0.4, 0.5) is 4.79 Å². The molecule has 3 rings (SSSR count). The number of nitrogens with zero attached hydrogens (tertiary/aromatic N) is 3. The fourth-order valence-corrected chi connectivity index (χ4v) is 3.52. The summed E-state index contributed by atoms with van der Waals surface area (Å²) < 4.78 is 4.99. The topological polar surface area (TPSA) is 70.2 Å². The van der Waals surface area contributed by atoms with Crippen LogP contribution in [0.5, 0.6) is 0 Å². The van der Waals surface area contributed by atoms with Crippen molar-refractivity contribution in [3.8, 4) is 0 Å². The maximum absolute atomic E-state index is 12.7. The van der Waals surface area contributed by atoms with Gasteiger partial charge in [-0.15, -0.1) is 0 Å². The standard InChI is InChI=1S/C20H27N3O4/c1-3-27-20(26)23-11-9-22(10-12-23)19(25)17-13-16(17)18(24)21(2)14-15-7-5-4-6-8-15/h4-8,16-17H,3,9-14H2,1-2H3. The Hall–Kier alpha value is -2.57. The molecule has 2 unspecified atom stereocenters. The quantitative estimate of drug-likeness (QED) is 0.786. The summed E-state index contributed by atoms with van der Waals surface area (Å²) in [5.41, 5.74) is 1.08. The molecule has 2 aliphatic rings. The lowest BCUT2D eigenvalue weighted by Gasteiger charge is -2.34. The maximum atomic E-state index is 12.7. The van der Waals surface area contributed by atoms with Crippen molar-refractivity contribution < 1.29 is 19.1 Å². The van der Waals surface area contributed by atoms with E-state index >= 15 is 0 Å². The van der Waals surface area contributed by atoms with Gasteiger partial charge < -0.3 is 19.4 Å². The van der Waals surface area contributed by atoms with Crippen molar-refractivity contribution in [2.45, 2.75) is 19.9 Å². The number of hydrogen-bond donors (Lipinski definition) is 0. The van der Waals surface area contributed by atoms with Gasteiger partial charge in [0, 0.05) is 39.8 Å². The molecule has 1 aromatic carbocycles. The van der Waals surface area contributed by atoms with Crippen molar-refractivity contribution >= 4 is 17.9 Å². The minimum atomic E-state index is -0.327. The third-order valence-corrected chi connectivity index (χ3v) is 5.18. The Morgan fingerprint density at radius 2 is 1.67 bits per heavy atom. The molecule has 0 N–H and O–H groups in total. The molecule has 3 amide bonds. The highest BCUT2D eigenvalue weighted by molar-refractivity contribution is 5.92. The molecule has 0 radical (unpaired) electrons. The summed E-state index contributed by atoms with van der Waals surface area (Å²) in [6, 6.07) is 9.83. The van der Waals surface area contributed by atoms with E-state index in [1.54, 1.807) is 28.7 Å². The van der Waals surface area contributed by atoms with Crippen LogP contribution in [0.3, 0.4) is 0 Å². The Balaban J connectivity index is 1.46. The normalized spacial score (nSPS) is 21.6. The SMILES string of the molecule is CCOC(=O)N1CCN(C(=O)C2CC2C(=O)N(C)Cc2ccccc2)CC1. The molecule has 1 aliphatic carbocycles. The predicted molar refractivity (Wildman–Crippen MR) is 99.7 cm³/mol. The first-order chi connectivity index (χ1) is 13.0. The number of benzene rings is 1. The molecule has 2 fully saturated rings. The van der Waals surface area contributed by atoms with Crippen LogP contribution in [0.2, 0.25) is 0 Å². The molecule has 7 heteroatoms. The Bertz CT molecular complexity index is 686. The van der Waals surface area contributed by atoms with E-state index in [0.29, 0.717) is 45.8 Å². The monoisotopic (exact) mass is 373 g/mol. The van der Waals surface area contributed by atoms with E-state index in [2.05, 4.69) is 0 Å². The first kappa shape index (κ1) is 19.2. The van der Waals surface area contributed by atoms with Gasteiger partial charge in [0.1, 0.15) is 0 Å². The van der Waals surface area contributed by atoms with E-state index in [4.69, 9.17) is 4.74 Å². The number of hydrogen-bond acceptors (Lipinski definition) is 4. The lowest BCUT2D eigenvalue weighted by atomic mass is 10.2. The van der Waals surface area contributed by atoms with Crippen molar-refractivity contribution in [1.82, 2.24) is 14.7 Å². The molecule has 1 heterocycles. The van der Waals surface area contributed by atoms with Crippen molar-refractivity contribution in [1.29, 1.82) is 0 Å². The smallest absolute Gasteiger partial charge is 0.409 e. The Kier molecular flexibility index (Phi) is 5.98. The number of piperazine rings is 1. The molecule has 0 aromatic heterocycles. The second-order valence-corrected chi connectivity index (χ2v) is 7.14. The van der Waals surface area contributed by atoms with Gasteiger partial charge in [-0.05, 0) is 18.9 Å². The van der Waals surface area contributed by atoms with E-state index in [1.165, 1.54) is 0 Å². The van der Waals surface area contributed by atoms with Crippen molar-refractivity contribution in [3.05, 3.63) is 35.9 Å². The zero-order valence-corrected chi connectivity index (χ0v) is 16.0. The average Bonchev–Trinajstić information content (AvgIpc) is 3.48. The summed E-state index contributed by atoms with van der Waals surface area (Å²) >= 11 is 0. The van der Waals surface area contributed by atoms with E-state index in [-0.39, 0.29) is 29.7 Å². The third kappa shape index (κ3) is 4.59. The molecule has 146 valence electrons. The van der Waals surface area contributed by atoms with Gasteiger partial charge in [-0.3, -0.25) is 9.59 Å². The summed E-state index contributed by atoms with van der Waals surface area (Å²) in [4.78, 5) is 42.1. The van der Waals surface area contributed by atoms with E-state index in [9.17, 15) is 14.4 Å². The van der Waals surface area contributed by atoms with E-state index in [1.807, 2.05) is 30.3 Å². The predicted octanol–water partition coefficient (Wildman–Crippen LogP) is 1.58. The van der Waals surface area contributed by atoms with Gasteiger partial charge in [0.2, 0.25) is 11.8 Å². The number of carbonyl (C=O) groups is 3. The summed E-state index contributed by atoms with van der Waals surface area (Å²) in [6.07, 6.45) is 0.293. The van der Waals surface area contributed by atoms with Gasteiger partial charge >= 0.3 is 6.09 Å². The van der Waals surface area contributed by atoms with Crippen LogP contribution in [0, 0.1) is 11.8 Å². The molecule has 1 aromatic rings. The van der Waals surface area contributed by atoms with Crippen LogP contribution in [-0.2, 0) is 20.9 Å². The Morgan fingerprint density at radius 1 is 1.04 bits per heavy atom. The zero-order valence-electron chi connectivity index (χ0n) is 16.0. The fourth-order valence-electron chi connectivity index (χ4n) is 3.52. The fraction of sp³-hybridized carbons (Fsp3) is 0.550. The number of carbonyl (C=O) groups excluding carboxylic acids is 3. The molecule has 0 spiro atoms. The van der Waals surface area contributed by atoms with Gasteiger partial charge in [-0.25, -0.2) is 4.79 Å². The second-order valence-electron chi connectivity index (χ2n) is 7.14. The van der Waals surface area contributed by atoms with Crippen LogP contribution in [0.25, 0.3) is 0 Å². The van der Waals surface area contributed by atoms with E-state index < -0.39 is 0 Å². The maximum Gasteiger partial charge on any atom is 0.409 e. The van der Waals surface area contributed by atoms with Gasteiger partial charge in [-0.2, -0.15) is 0 Å². The van der Waals surface area contributed by atoms with Gasteiger partial charge in [0.25, 0.3) is 0 Å². The largest absolute Gasteiger partial charge is 0.450 e. The van der Waals surface area contributed by atoms with Crippen LogP contribution < -0.4 is 0 Å². The van der Waals surface area contributed by atoms with Crippen molar-refractivity contribution in [3.63, 3.8) is 0 Å². The molecule has 1 aliphatic heterocycles. The van der Waals surface area contributed by atoms with Crippen LogP contribution in [-0.4, -0.2) is 72.4 Å². The minimum Gasteiger partial charge on any atom is -0.450 e. The average molecular weight is 373 g/mol. The lowest BCUT2D eigenvalue weighted by molar-refractivity contribution is -0.138. The number of amides is 3. The Morgan fingerprint density at radius 3 is 2.30 bits per heavy atom. The van der Waals surface area contributed by atoms with Crippen LogP contribution in [0.15, 0.2) is 30.3 Å².